The van der Waals surface area contributed by atoms with Crippen LogP contribution < -0.4 is 10.1 Å². The van der Waals surface area contributed by atoms with Crippen LogP contribution in [-0.2, 0) is 0 Å². The molecule has 0 heterocycles. The summed E-state index contributed by atoms with van der Waals surface area (Å²) in [7, 11) is 0. The molecule has 0 aliphatic rings. The standard InChI is InChI=1S/C14H22ClNO.ClH/c1-3-4-8-16-9-5-10-17-14-11-12(2)6-7-13(14)15;/h6-7,11,16H,3-5,8-10H2,1-2H3;1H. The van der Waals surface area contributed by atoms with Crippen LogP contribution in [0.3, 0.4) is 0 Å². The highest BCUT2D eigenvalue weighted by molar-refractivity contribution is 6.32. The number of nitrogens with one attached hydrogen (secondary N) is 1. The molecule has 0 fully saturated rings. The molecule has 0 saturated heterocycles. The van der Waals surface area contributed by atoms with Gasteiger partial charge in [-0.1, -0.05) is 31.0 Å². The van der Waals surface area contributed by atoms with Gasteiger partial charge in [0.25, 0.3) is 0 Å². The Bertz CT molecular complexity index is 332. The van der Waals surface area contributed by atoms with Gasteiger partial charge in [0, 0.05) is 0 Å². The summed E-state index contributed by atoms with van der Waals surface area (Å²) < 4.78 is 5.65. The second kappa shape index (κ2) is 10.5. The summed E-state index contributed by atoms with van der Waals surface area (Å²) >= 11 is 6.04. The highest BCUT2D eigenvalue weighted by Gasteiger charge is 2.00. The van der Waals surface area contributed by atoms with E-state index in [0.29, 0.717) is 11.6 Å². The molecular weight excluding hydrogens is 269 g/mol. The monoisotopic (exact) mass is 291 g/mol. The van der Waals surface area contributed by atoms with Crippen LogP contribution in [-0.4, -0.2) is 19.7 Å². The molecule has 0 aliphatic heterocycles. The molecule has 1 aromatic carbocycles. The Morgan fingerprint density at radius 3 is 2.67 bits per heavy atom. The third-order valence-corrected chi connectivity index (χ3v) is 2.86. The van der Waals surface area contributed by atoms with E-state index in [1.165, 1.54) is 18.4 Å². The summed E-state index contributed by atoms with van der Waals surface area (Å²) in [5.41, 5.74) is 1.17. The Balaban J connectivity index is 0.00000289. The van der Waals surface area contributed by atoms with Gasteiger partial charge in [-0.15, -0.1) is 12.4 Å². The SMILES string of the molecule is CCCCNCCCOc1cc(C)ccc1Cl.Cl. The smallest absolute Gasteiger partial charge is 0.138 e. The van der Waals surface area contributed by atoms with E-state index in [2.05, 4.69) is 12.2 Å². The number of unbranched alkanes of at least 4 members (excludes halogenated alkanes) is 1. The number of halogens is 2. The summed E-state index contributed by atoms with van der Waals surface area (Å²) in [5.74, 6) is 0.792. The van der Waals surface area contributed by atoms with Gasteiger partial charge in [0.1, 0.15) is 5.75 Å². The fourth-order valence-corrected chi connectivity index (χ4v) is 1.70. The van der Waals surface area contributed by atoms with Crippen LogP contribution in [0.4, 0.5) is 0 Å². The van der Waals surface area contributed by atoms with Crippen molar-refractivity contribution in [3.8, 4) is 5.75 Å². The van der Waals surface area contributed by atoms with Crippen LogP contribution in [0.2, 0.25) is 5.02 Å². The van der Waals surface area contributed by atoms with Crippen LogP contribution in [0.15, 0.2) is 18.2 Å². The summed E-state index contributed by atoms with van der Waals surface area (Å²) in [6.07, 6.45) is 3.49. The molecule has 18 heavy (non-hydrogen) atoms. The third kappa shape index (κ3) is 7.10. The van der Waals surface area contributed by atoms with Gasteiger partial charge in [-0.05, 0) is 50.6 Å². The molecule has 2 nitrogen and oxygen atoms in total. The van der Waals surface area contributed by atoms with Crippen molar-refractivity contribution in [1.82, 2.24) is 5.32 Å². The Morgan fingerprint density at radius 1 is 1.22 bits per heavy atom. The molecule has 0 aromatic heterocycles. The zero-order valence-corrected chi connectivity index (χ0v) is 12.7. The fraction of sp³-hybridized carbons (Fsp3) is 0.571. The number of benzene rings is 1. The van der Waals surface area contributed by atoms with Gasteiger partial charge in [0.05, 0.1) is 11.6 Å². The van der Waals surface area contributed by atoms with Gasteiger partial charge in [-0.2, -0.15) is 0 Å². The first-order valence-electron chi connectivity index (χ1n) is 6.33. The van der Waals surface area contributed by atoms with Crippen molar-refractivity contribution in [2.24, 2.45) is 0 Å². The highest BCUT2D eigenvalue weighted by atomic mass is 35.5. The van der Waals surface area contributed by atoms with Gasteiger partial charge in [0.2, 0.25) is 0 Å². The maximum absolute atomic E-state index is 6.04. The Morgan fingerprint density at radius 2 is 1.94 bits per heavy atom. The summed E-state index contributed by atoms with van der Waals surface area (Å²) in [6.45, 7) is 7.05. The van der Waals surface area contributed by atoms with E-state index >= 15 is 0 Å². The van der Waals surface area contributed by atoms with Crippen LogP contribution in [0.25, 0.3) is 0 Å². The van der Waals surface area contributed by atoms with Crippen LogP contribution >= 0.6 is 24.0 Å². The summed E-state index contributed by atoms with van der Waals surface area (Å²) in [5, 5.41) is 4.07. The van der Waals surface area contributed by atoms with E-state index in [4.69, 9.17) is 16.3 Å². The molecule has 0 bridgehead atoms. The molecular formula is C14H23Cl2NO. The lowest BCUT2D eigenvalue weighted by Crippen LogP contribution is -2.18. The number of aryl methyl sites for hydroxylation is 1. The zero-order chi connectivity index (χ0) is 12.5. The number of rotatable bonds is 8. The fourth-order valence-electron chi connectivity index (χ4n) is 1.53. The molecule has 0 saturated carbocycles. The number of hydrogen-bond donors (Lipinski definition) is 1. The van der Waals surface area contributed by atoms with Crippen molar-refractivity contribution in [3.63, 3.8) is 0 Å². The topological polar surface area (TPSA) is 21.3 Å². The normalized spacial score (nSPS) is 9.94. The van der Waals surface area contributed by atoms with Crippen molar-refractivity contribution in [2.75, 3.05) is 19.7 Å². The van der Waals surface area contributed by atoms with Gasteiger partial charge < -0.3 is 10.1 Å². The van der Waals surface area contributed by atoms with Gasteiger partial charge in [-0.25, -0.2) is 0 Å². The largest absolute Gasteiger partial charge is 0.492 e. The van der Waals surface area contributed by atoms with E-state index in [9.17, 15) is 0 Å². The van der Waals surface area contributed by atoms with E-state index in [1.807, 2.05) is 25.1 Å². The van der Waals surface area contributed by atoms with Crippen LogP contribution in [0.1, 0.15) is 31.7 Å². The average molecular weight is 292 g/mol. The van der Waals surface area contributed by atoms with E-state index in [0.717, 1.165) is 25.3 Å². The molecule has 0 amide bonds. The van der Waals surface area contributed by atoms with E-state index < -0.39 is 0 Å². The molecule has 0 aliphatic carbocycles. The molecule has 1 N–H and O–H groups in total. The van der Waals surface area contributed by atoms with Crippen molar-refractivity contribution in [1.29, 1.82) is 0 Å². The number of ether oxygens (including phenoxy) is 1. The second-order valence-electron chi connectivity index (χ2n) is 4.24. The zero-order valence-electron chi connectivity index (χ0n) is 11.2. The highest BCUT2D eigenvalue weighted by Crippen LogP contribution is 2.25. The summed E-state index contributed by atoms with van der Waals surface area (Å²) in [4.78, 5) is 0. The maximum atomic E-state index is 6.04. The quantitative estimate of drug-likeness (QED) is 0.724. The first kappa shape index (κ1) is 17.6. The molecule has 1 aromatic rings. The lowest BCUT2D eigenvalue weighted by Gasteiger charge is -2.09. The molecule has 0 spiro atoms. The molecule has 1 rings (SSSR count). The van der Waals surface area contributed by atoms with Gasteiger partial charge in [-0.3, -0.25) is 0 Å². The Labute approximate surface area is 121 Å². The lowest BCUT2D eigenvalue weighted by atomic mass is 10.2. The van der Waals surface area contributed by atoms with Gasteiger partial charge in [0.15, 0.2) is 0 Å². The van der Waals surface area contributed by atoms with Crippen molar-refractivity contribution in [3.05, 3.63) is 28.8 Å². The minimum absolute atomic E-state index is 0. The summed E-state index contributed by atoms with van der Waals surface area (Å²) in [6, 6.07) is 5.85. The van der Waals surface area contributed by atoms with Crippen molar-refractivity contribution < 1.29 is 4.74 Å². The lowest BCUT2D eigenvalue weighted by molar-refractivity contribution is 0.308. The van der Waals surface area contributed by atoms with Crippen molar-refractivity contribution in [2.45, 2.75) is 33.1 Å². The van der Waals surface area contributed by atoms with Crippen LogP contribution in [0.5, 0.6) is 5.75 Å². The number of hydrogen-bond acceptors (Lipinski definition) is 2. The Hall–Kier alpha value is -0.440. The maximum Gasteiger partial charge on any atom is 0.138 e. The first-order chi connectivity index (χ1) is 8.24. The van der Waals surface area contributed by atoms with Gasteiger partial charge >= 0.3 is 0 Å². The third-order valence-electron chi connectivity index (χ3n) is 2.55. The van der Waals surface area contributed by atoms with Crippen molar-refractivity contribution >= 4 is 24.0 Å². The molecule has 0 unspecified atom stereocenters. The molecule has 0 radical (unpaired) electrons. The minimum atomic E-state index is 0. The first-order valence-corrected chi connectivity index (χ1v) is 6.71. The molecule has 4 heteroatoms. The Kier molecular flexibility index (Phi) is 10.2. The predicted molar refractivity (Wildman–Crippen MR) is 81.3 cm³/mol. The van der Waals surface area contributed by atoms with E-state index in [-0.39, 0.29) is 12.4 Å². The van der Waals surface area contributed by atoms with Crippen LogP contribution in [0, 0.1) is 6.92 Å². The average Bonchev–Trinajstić information content (AvgIpc) is 2.32. The molecule has 0 atom stereocenters. The van der Waals surface area contributed by atoms with E-state index in [1.54, 1.807) is 0 Å². The minimum Gasteiger partial charge on any atom is -0.492 e. The predicted octanol–water partition coefficient (Wildman–Crippen LogP) is 4.23. The second-order valence-corrected chi connectivity index (χ2v) is 4.65. The molecule has 104 valence electrons.